The molecule has 1 saturated heterocycles. The molecule has 32 heavy (non-hydrogen) atoms. The first-order chi connectivity index (χ1) is 15.5. The molecule has 1 atom stereocenters. The van der Waals surface area contributed by atoms with Gasteiger partial charge in [-0.2, -0.15) is 5.10 Å². The van der Waals surface area contributed by atoms with Crippen molar-refractivity contribution in [2.75, 3.05) is 5.75 Å². The molecule has 1 aliphatic heterocycles. The maximum atomic E-state index is 12.4. The summed E-state index contributed by atoms with van der Waals surface area (Å²) in [5.74, 6) is 0.231. The van der Waals surface area contributed by atoms with Gasteiger partial charge in [0.2, 0.25) is 5.91 Å². The standard InChI is InChI=1S/C24H19Cl2N3O2S/c25-20-11-6-17(12-21(20)26)13-27-28-23(31)18-7-9-19(10-8-18)24-29(22(30)15-32-24)14-16-4-2-1-3-5-16/h1-13,24H,14-15H2,(H,28,31)/b27-13+. The molecule has 1 unspecified atom stereocenters. The number of thioether (sulfide) groups is 1. The minimum Gasteiger partial charge on any atom is -0.322 e. The van der Waals surface area contributed by atoms with Crippen LogP contribution in [0.3, 0.4) is 0 Å². The Morgan fingerprint density at radius 1 is 1.06 bits per heavy atom. The van der Waals surface area contributed by atoms with Crippen LogP contribution in [0.4, 0.5) is 0 Å². The second kappa shape index (κ2) is 10.2. The van der Waals surface area contributed by atoms with E-state index in [4.69, 9.17) is 23.2 Å². The summed E-state index contributed by atoms with van der Waals surface area (Å²) in [5, 5.41) is 4.77. The molecular weight excluding hydrogens is 465 g/mol. The summed E-state index contributed by atoms with van der Waals surface area (Å²) in [6.07, 6.45) is 1.50. The molecule has 8 heteroatoms. The van der Waals surface area contributed by atoms with Gasteiger partial charge in [-0.15, -0.1) is 11.8 Å². The first-order valence-corrected chi connectivity index (χ1v) is 11.6. The van der Waals surface area contributed by atoms with Crippen molar-refractivity contribution in [3.63, 3.8) is 0 Å². The number of rotatable bonds is 6. The predicted octanol–water partition coefficient (Wildman–Crippen LogP) is 5.53. The Balaban J connectivity index is 1.40. The van der Waals surface area contributed by atoms with Gasteiger partial charge in [0.05, 0.1) is 22.0 Å². The fraction of sp³-hybridized carbons (Fsp3) is 0.125. The van der Waals surface area contributed by atoms with E-state index in [1.165, 1.54) is 6.21 Å². The van der Waals surface area contributed by atoms with Gasteiger partial charge in [0.15, 0.2) is 0 Å². The third kappa shape index (κ3) is 5.33. The third-order valence-electron chi connectivity index (χ3n) is 4.95. The number of carbonyl (C=O) groups is 2. The number of hydrazone groups is 1. The molecule has 0 bridgehead atoms. The van der Waals surface area contributed by atoms with Crippen LogP contribution in [0.5, 0.6) is 0 Å². The lowest BCUT2D eigenvalue weighted by Gasteiger charge is -2.24. The number of hydrogen-bond donors (Lipinski definition) is 1. The lowest BCUT2D eigenvalue weighted by atomic mass is 10.1. The first-order valence-electron chi connectivity index (χ1n) is 9.84. The van der Waals surface area contributed by atoms with E-state index in [1.54, 1.807) is 42.1 Å². The minimum atomic E-state index is -0.329. The van der Waals surface area contributed by atoms with E-state index < -0.39 is 0 Å². The van der Waals surface area contributed by atoms with Crippen LogP contribution in [-0.2, 0) is 11.3 Å². The highest BCUT2D eigenvalue weighted by atomic mass is 35.5. The largest absolute Gasteiger partial charge is 0.322 e. The maximum Gasteiger partial charge on any atom is 0.271 e. The van der Waals surface area contributed by atoms with Gasteiger partial charge in [-0.3, -0.25) is 9.59 Å². The number of nitrogens with one attached hydrogen (secondary N) is 1. The van der Waals surface area contributed by atoms with Crippen LogP contribution in [0.25, 0.3) is 0 Å². The van der Waals surface area contributed by atoms with Gasteiger partial charge in [0.25, 0.3) is 5.91 Å². The summed E-state index contributed by atoms with van der Waals surface area (Å²) >= 11 is 13.5. The molecule has 4 rings (SSSR count). The summed E-state index contributed by atoms with van der Waals surface area (Å²) in [6, 6.07) is 22.2. The van der Waals surface area contributed by atoms with Gasteiger partial charge >= 0.3 is 0 Å². The Kier molecular flexibility index (Phi) is 7.15. The van der Waals surface area contributed by atoms with E-state index in [1.807, 2.05) is 47.4 Å². The molecule has 1 fully saturated rings. The zero-order valence-electron chi connectivity index (χ0n) is 16.9. The smallest absolute Gasteiger partial charge is 0.271 e. The summed E-state index contributed by atoms with van der Waals surface area (Å²) in [7, 11) is 0. The highest BCUT2D eigenvalue weighted by Gasteiger charge is 2.32. The molecule has 0 saturated carbocycles. The summed E-state index contributed by atoms with van der Waals surface area (Å²) < 4.78 is 0. The van der Waals surface area contributed by atoms with E-state index in [2.05, 4.69) is 10.5 Å². The van der Waals surface area contributed by atoms with Crippen molar-refractivity contribution in [3.05, 3.63) is 105 Å². The van der Waals surface area contributed by atoms with E-state index in [9.17, 15) is 9.59 Å². The number of carbonyl (C=O) groups excluding carboxylic acids is 2. The van der Waals surface area contributed by atoms with Crippen molar-refractivity contribution in [1.29, 1.82) is 0 Å². The monoisotopic (exact) mass is 483 g/mol. The number of nitrogens with zero attached hydrogens (tertiary/aromatic N) is 2. The van der Waals surface area contributed by atoms with Gasteiger partial charge in [-0.05, 0) is 41.0 Å². The number of hydrogen-bond acceptors (Lipinski definition) is 4. The van der Waals surface area contributed by atoms with Crippen LogP contribution in [0.2, 0.25) is 10.0 Å². The van der Waals surface area contributed by atoms with E-state index in [-0.39, 0.29) is 17.2 Å². The minimum absolute atomic E-state index is 0.0764. The lowest BCUT2D eigenvalue weighted by molar-refractivity contribution is -0.128. The average Bonchev–Trinajstić information content (AvgIpc) is 3.17. The highest BCUT2D eigenvalue weighted by molar-refractivity contribution is 8.00. The fourth-order valence-corrected chi connectivity index (χ4v) is 4.80. The maximum absolute atomic E-state index is 12.4. The molecule has 2 amide bonds. The molecular formula is C24H19Cl2N3O2S. The van der Waals surface area contributed by atoms with Crippen LogP contribution >= 0.6 is 35.0 Å². The van der Waals surface area contributed by atoms with Crippen LogP contribution < -0.4 is 5.43 Å². The Morgan fingerprint density at radius 3 is 2.53 bits per heavy atom. The molecule has 3 aromatic rings. The van der Waals surface area contributed by atoms with E-state index in [0.29, 0.717) is 27.9 Å². The summed E-state index contributed by atoms with van der Waals surface area (Å²) in [4.78, 5) is 26.7. The number of halogens is 2. The second-order valence-corrected chi connectivity index (χ2v) is 9.05. The summed E-state index contributed by atoms with van der Waals surface area (Å²) in [5.41, 5.74) is 5.77. The van der Waals surface area contributed by atoms with Crippen LogP contribution in [0.1, 0.15) is 32.4 Å². The van der Waals surface area contributed by atoms with Crippen molar-refractivity contribution in [3.8, 4) is 0 Å². The zero-order chi connectivity index (χ0) is 22.5. The van der Waals surface area contributed by atoms with Crippen LogP contribution in [0.15, 0.2) is 77.9 Å². The molecule has 1 N–H and O–H groups in total. The van der Waals surface area contributed by atoms with Crippen molar-refractivity contribution >= 4 is 53.0 Å². The molecule has 0 radical (unpaired) electrons. The topological polar surface area (TPSA) is 61.8 Å². The zero-order valence-corrected chi connectivity index (χ0v) is 19.2. The van der Waals surface area contributed by atoms with Crippen molar-refractivity contribution < 1.29 is 9.59 Å². The van der Waals surface area contributed by atoms with Crippen LogP contribution in [0, 0.1) is 0 Å². The Labute approximate surface area is 200 Å². The van der Waals surface area contributed by atoms with Crippen molar-refractivity contribution in [1.82, 2.24) is 10.3 Å². The second-order valence-electron chi connectivity index (χ2n) is 7.17. The quantitative estimate of drug-likeness (QED) is 0.370. The van der Waals surface area contributed by atoms with Gasteiger partial charge < -0.3 is 4.90 Å². The highest BCUT2D eigenvalue weighted by Crippen LogP contribution is 2.39. The van der Waals surface area contributed by atoms with Crippen LogP contribution in [-0.4, -0.2) is 28.7 Å². The van der Waals surface area contributed by atoms with Gasteiger partial charge in [-0.25, -0.2) is 5.43 Å². The Hall–Kier alpha value is -2.80. The Morgan fingerprint density at radius 2 is 1.81 bits per heavy atom. The lowest BCUT2D eigenvalue weighted by Crippen LogP contribution is -2.27. The van der Waals surface area contributed by atoms with Gasteiger partial charge in [-0.1, -0.05) is 71.7 Å². The molecule has 0 spiro atoms. The number of benzene rings is 3. The fourth-order valence-electron chi connectivity index (χ4n) is 3.30. The number of amides is 2. The third-order valence-corrected chi connectivity index (χ3v) is 6.94. The molecule has 1 aliphatic rings. The molecule has 5 nitrogen and oxygen atoms in total. The Bertz CT molecular complexity index is 1150. The SMILES string of the molecule is O=C(N/N=C/c1ccc(Cl)c(Cl)c1)c1ccc(C2SCC(=O)N2Cc2ccccc2)cc1. The van der Waals surface area contributed by atoms with Gasteiger partial charge in [0, 0.05) is 12.1 Å². The molecule has 0 aliphatic carbocycles. The molecule has 162 valence electrons. The molecule has 1 heterocycles. The normalized spacial score (nSPS) is 16.0. The van der Waals surface area contributed by atoms with Crippen molar-refractivity contribution in [2.45, 2.75) is 11.9 Å². The predicted molar refractivity (Wildman–Crippen MR) is 130 cm³/mol. The van der Waals surface area contributed by atoms with E-state index >= 15 is 0 Å². The van der Waals surface area contributed by atoms with Crippen molar-refractivity contribution in [2.24, 2.45) is 5.10 Å². The van der Waals surface area contributed by atoms with E-state index in [0.717, 1.165) is 16.7 Å². The molecule has 0 aromatic heterocycles. The van der Waals surface area contributed by atoms with Gasteiger partial charge in [0.1, 0.15) is 5.37 Å². The first kappa shape index (κ1) is 22.4. The molecule has 3 aromatic carbocycles. The average molecular weight is 484 g/mol. The summed E-state index contributed by atoms with van der Waals surface area (Å²) in [6.45, 7) is 0.559.